The van der Waals surface area contributed by atoms with E-state index >= 15 is 0 Å². The van der Waals surface area contributed by atoms with Gasteiger partial charge < -0.3 is 9.64 Å². The Balaban J connectivity index is 1.21. The summed E-state index contributed by atoms with van der Waals surface area (Å²) in [5, 5.41) is 3.27. The summed E-state index contributed by atoms with van der Waals surface area (Å²) in [4.78, 5) is 22.1. The Kier molecular flexibility index (Phi) is 6.74. The van der Waals surface area contributed by atoms with Crippen molar-refractivity contribution in [3.8, 4) is 5.75 Å². The fourth-order valence-corrected chi connectivity index (χ4v) is 5.08. The average molecular weight is 428 g/mol. The number of ether oxygens (including phenoxy) is 1. The van der Waals surface area contributed by atoms with Gasteiger partial charge in [-0.2, -0.15) is 0 Å². The maximum atomic E-state index is 13.0. The van der Waals surface area contributed by atoms with E-state index in [9.17, 15) is 4.79 Å². The molecule has 0 spiro atoms. The van der Waals surface area contributed by atoms with E-state index in [-0.39, 0.29) is 12.0 Å². The summed E-state index contributed by atoms with van der Waals surface area (Å²) in [7, 11) is 0. The molecule has 2 fully saturated rings. The van der Waals surface area contributed by atoms with Crippen LogP contribution in [-0.4, -0.2) is 53.0 Å². The van der Waals surface area contributed by atoms with E-state index < -0.39 is 0 Å². The van der Waals surface area contributed by atoms with E-state index in [1.807, 2.05) is 0 Å². The highest BCUT2D eigenvalue weighted by molar-refractivity contribution is 7.09. The van der Waals surface area contributed by atoms with Crippen LogP contribution in [0.2, 0.25) is 0 Å². The van der Waals surface area contributed by atoms with Crippen LogP contribution in [0.3, 0.4) is 0 Å². The van der Waals surface area contributed by atoms with Crippen LogP contribution >= 0.6 is 11.3 Å². The van der Waals surface area contributed by atoms with Gasteiger partial charge >= 0.3 is 0 Å². The molecule has 0 unspecified atom stereocenters. The molecule has 0 radical (unpaired) electrons. The average Bonchev–Trinajstić information content (AvgIpc) is 3.16. The first kappa shape index (κ1) is 21.3. The fraction of sp³-hybridized carbons (Fsp3) is 0.583. The van der Waals surface area contributed by atoms with E-state index in [1.165, 1.54) is 11.1 Å². The zero-order valence-electron chi connectivity index (χ0n) is 18.4. The van der Waals surface area contributed by atoms with Crippen molar-refractivity contribution in [2.24, 2.45) is 5.92 Å². The molecule has 2 aliphatic heterocycles. The quantitative estimate of drug-likeness (QED) is 0.712. The third-order valence-electron chi connectivity index (χ3n) is 6.52. The lowest BCUT2D eigenvalue weighted by atomic mass is 9.94. The maximum Gasteiger partial charge on any atom is 0.225 e. The highest BCUT2D eigenvalue weighted by atomic mass is 32.1. The van der Waals surface area contributed by atoms with Crippen molar-refractivity contribution in [2.75, 3.05) is 26.2 Å². The van der Waals surface area contributed by atoms with Gasteiger partial charge in [0.05, 0.1) is 10.7 Å². The molecular weight excluding hydrogens is 394 g/mol. The van der Waals surface area contributed by atoms with Crippen molar-refractivity contribution in [1.82, 2.24) is 14.8 Å². The topological polar surface area (TPSA) is 45.7 Å². The van der Waals surface area contributed by atoms with Gasteiger partial charge in [0.2, 0.25) is 5.91 Å². The zero-order valence-corrected chi connectivity index (χ0v) is 19.2. The van der Waals surface area contributed by atoms with E-state index in [1.54, 1.807) is 11.3 Å². The van der Waals surface area contributed by atoms with Crippen molar-refractivity contribution >= 4 is 17.2 Å². The second-order valence-electron chi connectivity index (χ2n) is 8.80. The minimum Gasteiger partial charge on any atom is -0.490 e. The minimum atomic E-state index is 0.177. The van der Waals surface area contributed by atoms with Gasteiger partial charge in [-0.15, -0.1) is 11.3 Å². The summed E-state index contributed by atoms with van der Waals surface area (Å²) in [6, 6.07) is 6.29. The first-order valence-electron chi connectivity index (χ1n) is 11.1. The molecule has 30 heavy (non-hydrogen) atoms. The minimum absolute atomic E-state index is 0.177. The lowest BCUT2D eigenvalue weighted by Gasteiger charge is -2.37. The molecule has 3 heterocycles. The van der Waals surface area contributed by atoms with Crippen LogP contribution in [0.1, 0.15) is 47.5 Å². The van der Waals surface area contributed by atoms with Crippen LogP contribution in [0.25, 0.3) is 0 Å². The normalized spacial score (nSPS) is 19.2. The van der Waals surface area contributed by atoms with Crippen LogP contribution in [0.4, 0.5) is 0 Å². The van der Waals surface area contributed by atoms with E-state index in [0.717, 1.165) is 74.9 Å². The standard InChI is InChI=1S/C24H33N3O2S/c1-17-4-5-23(14-18(17)2)29-22-8-12-27(13-9-22)24(28)20-6-10-26(11-7-20)15-21-16-30-19(3)25-21/h4-5,14,16,20,22H,6-13,15H2,1-3H3. The van der Waals surface area contributed by atoms with Gasteiger partial charge in [0.15, 0.2) is 0 Å². The molecule has 2 aliphatic rings. The highest BCUT2D eigenvalue weighted by Crippen LogP contribution is 2.25. The molecule has 4 rings (SSSR count). The molecule has 0 bridgehead atoms. The van der Waals surface area contributed by atoms with Crippen LogP contribution in [0, 0.1) is 26.7 Å². The number of rotatable bonds is 5. The number of piperidine rings is 2. The van der Waals surface area contributed by atoms with Crippen LogP contribution < -0.4 is 4.74 Å². The van der Waals surface area contributed by atoms with Crippen molar-refractivity contribution < 1.29 is 9.53 Å². The molecule has 2 aromatic rings. The number of likely N-dealkylation sites (tertiary alicyclic amines) is 2. The molecule has 0 saturated carbocycles. The van der Waals surface area contributed by atoms with Gasteiger partial charge in [-0.1, -0.05) is 6.07 Å². The Labute approximate surface area is 184 Å². The van der Waals surface area contributed by atoms with E-state index in [2.05, 4.69) is 59.1 Å². The Hall–Kier alpha value is -1.92. The largest absolute Gasteiger partial charge is 0.490 e. The molecular formula is C24H33N3O2S. The molecule has 5 nitrogen and oxygen atoms in total. The summed E-state index contributed by atoms with van der Waals surface area (Å²) in [5.41, 5.74) is 3.71. The number of hydrogen-bond donors (Lipinski definition) is 0. The lowest BCUT2D eigenvalue weighted by molar-refractivity contribution is -0.139. The Bertz CT molecular complexity index is 865. The summed E-state index contributed by atoms with van der Waals surface area (Å²) in [6.07, 6.45) is 3.96. The molecule has 162 valence electrons. The zero-order chi connectivity index (χ0) is 21.1. The first-order chi connectivity index (χ1) is 14.5. The van der Waals surface area contributed by atoms with Gasteiger partial charge in [0.25, 0.3) is 0 Å². The van der Waals surface area contributed by atoms with Crippen molar-refractivity contribution in [3.05, 3.63) is 45.4 Å². The Morgan fingerprint density at radius 3 is 2.43 bits per heavy atom. The molecule has 0 atom stereocenters. The summed E-state index contributed by atoms with van der Waals surface area (Å²) < 4.78 is 6.19. The predicted octanol–water partition coefficient (Wildman–Crippen LogP) is 4.35. The second kappa shape index (κ2) is 9.48. The van der Waals surface area contributed by atoms with Crippen LogP contribution in [-0.2, 0) is 11.3 Å². The highest BCUT2D eigenvalue weighted by Gasteiger charge is 2.31. The van der Waals surface area contributed by atoms with Crippen LogP contribution in [0.15, 0.2) is 23.6 Å². The number of aromatic nitrogens is 1. The first-order valence-corrected chi connectivity index (χ1v) is 12.0. The molecule has 0 aliphatic carbocycles. The van der Waals surface area contributed by atoms with E-state index in [4.69, 9.17) is 4.74 Å². The fourth-order valence-electron chi connectivity index (χ4n) is 4.48. The Morgan fingerprint density at radius 1 is 1.07 bits per heavy atom. The van der Waals surface area contributed by atoms with E-state index in [0.29, 0.717) is 5.91 Å². The van der Waals surface area contributed by atoms with Gasteiger partial charge in [0, 0.05) is 43.8 Å². The number of amides is 1. The number of aryl methyl sites for hydroxylation is 3. The number of carbonyl (C=O) groups is 1. The molecule has 1 amide bonds. The lowest BCUT2D eigenvalue weighted by Crippen LogP contribution is -2.46. The molecule has 6 heteroatoms. The number of carbonyl (C=O) groups excluding carboxylic acids is 1. The van der Waals surface area contributed by atoms with Gasteiger partial charge in [-0.3, -0.25) is 9.69 Å². The van der Waals surface area contributed by atoms with Crippen LogP contribution in [0.5, 0.6) is 5.75 Å². The summed E-state index contributed by atoms with van der Waals surface area (Å²) in [6.45, 7) is 10.8. The third-order valence-corrected chi connectivity index (χ3v) is 7.35. The number of nitrogens with zero attached hydrogens (tertiary/aromatic N) is 3. The molecule has 2 saturated heterocycles. The molecule has 1 aromatic heterocycles. The molecule has 0 N–H and O–H groups in total. The van der Waals surface area contributed by atoms with Crippen molar-refractivity contribution in [2.45, 2.75) is 59.1 Å². The Morgan fingerprint density at radius 2 is 1.80 bits per heavy atom. The predicted molar refractivity (Wildman–Crippen MR) is 121 cm³/mol. The maximum absolute atomic E-state index is 13.0. The van der Waals surface area contributed by atoms with Crippen molar-refractivity contribution in [1.29, 1.82) is 0 Å². The number of benzene rings is 1. The number of hydrogen-bond acceptors (Lipinski definition) is 5. The smallest absolute Gasteiger partial charge is 0.225 e. The number of thiazole rings is 1. The molecule has 1 aromatic carbocycles. The third kappa shape index (κ3) is 5.22. The second-order valence-corrected chi connectivity index (χ2v) is 9.86. The summed E-state index contributed by atoms with van der Waals surface area (Å²) >= 11 is 1.71. The van der Waals surface area contributed by atoms with Crippen molar-refractivity contribution in [3.63, 3.8) is 0 Å². The monoisotopic (exact) mass is 427 g/mol. The van der Waals surface area contributed by atoms with Gasteiger partial charge in [0.1, 0.15) is 11.9 Å². The SMILES string of the molecule is Cc1nc(CN2CCC(C(=O)N3CCC(Oc4ccc(C)c(C)c4)CC3)CC2)cs1. The summed E-state index contributed by atoms with van der Waals surface area (Å²) in [5.74, 6) is 1.48. The van der Waals surface area contributed by atoms with Gasteiger partial charge in [-0.25, -0.2) is 4.98 Å². The van der Waals surface area contributed by atoms with Gasteiger partial charge in [-0.05, 0) is 70.0 Å².